The Morgan fingerprint density at radius 2 is 2.19 bits per heavy atom. The van der Waals surface area contributed by atoms with Gasteiger partial charge in [0, 0.05) is 6.42 Å². The van der Waals surface area contributed by atoms with Gasteiger partial charge in [0.05, 0.1) is 0 Å². The minimum absolute atomic E-state index is 0.562. The lowest BCUT2D eigenvalue weighted by atomic mass is 10.1. The van der Waals surface area contributed by atoms with E-state index in [4.69, 9.17) is 10.7 Å². The van der Waals surface area contributed by atoms with Crippen molar-refractivity contribution in [1.29, 1.82) is 0 Å². The summed E-state index contributed by atoms with van der Waals surface area (Å²) < 4.78 is 0. The standard InChI is InChI=1S/C14H21NO/c1-11(2)9-14(16-15)8-7-13-6-4-5-12(3)10-13/h4-6,8,10-11H,7,9,15H2,1-3H3/b14-8-. The fraction of sp³-hybridized carbons (Fsp3) is 0.429. The Balaban J connectivity index is 2.62. The van der Waals surface area contributed by atoms with Crippen LogP contribution in [0.3, 0.4) is 0 Å². The van der Waals surface area contributed by atoms with Gasteiger partial charge in [-0.05, 0) is 30.9 Å². The molecular formula is C14H21NO. The van der Waals surface area contributed by atoms with Gasteiger partial charge in [0.15, 0.2) is 0 Å². The van der Waals surface area contributed by atoms with E-state index < -0.39 is 0 Å². The first-order valence-corrected chi connectivity index (χ1v) is 5.73. The molecule has 0 aliphatic rings. The fourth-order valence-corrected chi connectivity index (χ4v) is 1.65. The molecule has 0 amide bonds. The average Bonchev–Trinajstić information content (AvgIpc) is 2.24. The summed E-state index contributed by atoms with van der Waals surface area (Å²) in [7, 11) is 0. The second-order valence-corrected chi connectivity index (χ2v) is 4.58. The summed E-state index contributed by atoms with van der Waals surface area (Å²) in [6.07, 6.45) is 3.83. The number of rotatable bonds is 5. The Morgan fingerprint density at radius 1 is 1.44 bits per heavy atom. The third-order valence-electron chi connectivity index (χ3n) is 2.41. The monoisotopic (exact) mass is 219 g/mol. The van der Waals surface area contributed by atoms with Crippen molar-refractivity contribution in [2.75, 3.05) is 0 Å². The molecule has 0 fully saturated rings. The quantitative estimate of drug-likeness (QED) is 0.609. The molecule has 2 heteroatoms. The zero-order valence-electron chi connectivity index (χ0n) is 10.4. The van der Waals surface area contributed by atoms with Crippen LogP contribution in [0, 0.1) is 12.8 Å². The van der Waals surface area contributed by atoms with Crippen molar-refractivity contribution in [1.82, 2.24) is 0 Å². The molecule has 0 saturated carbocycles. The third kappa shape index (κ3) is 4.49. The number of aryl methyl sites for hydroxylation is 1. The van der Waals surface area contributed by atoms with E-state index in [1.807, 2.05) is 0 Å². The highest BCUT2D eigenvalue weighted by molar-refractivity contribution is 5.24. The molecule has 0 aliphatic heterocycles. The zero-order chi connectivity index (χ0) is 12.0. The van der Waals surface area contributed by atoms with Crippen LogP contribution in [0.15, 0.2) is 36.1 Å². The average molecular weight is 219 g/mol. The number of benzene rings is 1. The van der Waals surface area contributed by atoms with Crippen molar-refractivity contribution in [3.05, 3.63) is 47.2 Å². The number of hydrogen-bond acceptors (Lipinski definition) is 2. The second kappa shape index (κ2) is 6.33. The van der Waals surface area contributed by atoms with Gasteiger partial charge in [-0.3, -0.25) is 0 Å². The Bertz CT molecular complexity index is 356. The molecule has 0 aliphatic carbocycles. The molecule has 0 radical (unpaired) electrons. The van der Waals surface area contributed by atoms with Crippen molar-refractivity contribution in [2.45, 2.75) is 33.6 Å². The summed E-state index contributed by atoms with van der Waals surface area (Å²) in [6.45, 7) is 6.40. The van der Waals surface area contributed by atoms with E-state index in [9.17, 15) is 0 Å². The molecule has 0 spiro atoms. The number of hydrogen-bond donors (Lipinski definition) is 1. The molecule has 1 rings (SSSR count). The minimum Gasteiger partial charge on any atom is -0.416 e. The highest BCUT2D eigenvalue weighted by Gasteiger charge is 2.01. The van der Waals surface area contributed by atoms with E-state index in [1.165, 1.54) is 11.1 Å². The maximum atomic E-state index is 5.25. The van der Waals surface area contributed by atoms with E-state index in [1.54, 1.807) is 0 Å². The largest absolute Gasteiger partial charge is 0.416 e. The molecule has 0 heterocycles. The van der Waals surface area contributed by atoms with Gasteiger partial charge in [-0.2, -0.15) is 5.90 Å². The van der Waals surface area contributed by atoms with Gasteiger partial charge in [0.2, 0.25) is 0 Å². The second-order valence-electron chi connectivity index (χ2n) is 4.58. The molecule has 1 aromatic rings. The van der Waals surface area contributed by atoms with Gasteiger partial charge < -0.3 is 4.84 Å². The fourth-order valence-electron chi connectivity index (χ4n) is 1.65. The first kappa shape index (κ1) is 12.8. The molecule has 16 heavy (non-hydrogen) atoms. The van der Waals surface area contributed by atoms with Gasteiger partial charge in [0.1, 0.15) is 5.76 Å². The first-order chi connectivity index (χ1) is 7.61. The summed E-state index contributed by atoms with van der Waals surface area (Å²) in [6, 6.07) is 8.47. The molecular weight excluding hydrogens is 198 g/mol. The van der Waals surface area contributed by atoms with Gasteiger partial charge in [0.25, 0.3) is 0 Å². The van der Waals surface area contributed by atoms with E-state index in [-0.39, 0.29) is 0 Å². The molecule has 0 bridgehead atoms. The lowest BCUT2D eigenvalue weighted by Crippen LogP contribution is -2.03. The minimum atomic E-state index is 0.562. The Labute approximate surface area is 98.1 Å². The highest BCUT2D eigenvalue weighted by atomic mass is 16.6. The summed E-state index contributed by atoms with van der Waals surface area (Å²) in [5.74, 6) is 6.68. The summed E-state index contributed by atoms with van der Waals surface area (Å²) >= 11 is 0. The Hall–Kier alpha value is -1.28. The van der Waals surface area contributed by atoms with Crippen LogP contribution >= 0.6 is 0 Å². The normalized spacial score (nSPS) is 11.9. The van der Waals surface area contributed by atoms with Gasteiger partial charge in [-0.1, -0.05) is 43.7 Å². The number of allylic oxidation sites excluding steroid dienone is 2. The topological polar surface area (TPSA) is 35.2 Å². The van der Waals surface area contributed by atoms with Crippen molar-refractivity contribution >= 4 is 0 Å². The van der Waals surface area contributed by atoms with E-state index >= 15 is 0 Å². The van der Waals surface area contributed by atoms with Crippen molar-refractivity contribution in [3.8, 4) is 0 Å². The maximum Gasteiger partial charge on any atom is 0.120 e. The van der Waals surface area contributed by atoms with Gasteiger partial charge in [-0.15, -0.1) is 0 Å². The molecule has 0 aromatic heterocycles. The predicted molar refractivity (Wildman–Crippen MR) is 67.7 cm³/mol. The highest BCUT2D eigenvalue weighted by Crippen LogP contribution is 2.12. The predicted octanol–water partition coefficient (Wildman–Crippen LogP) is 3.36. The van der Waals surface area contributed by atoms with E-state index in [2.05, 4.69) is 51.1 Å². The maximum absolute atomic E-state index is 5.25. The molecule has 2 nitrogen and oxygen atoms in total. The van der Waals surface area contributed by atoms with Crippen LogP contribution in [0.2, 0.25) is 0 Å². The summed E-state index contributed by atoms with van der Waals surface area (Å²) in [4.78, 5) is 4.87. The van der Waals surface area contributed by atoms with Crippen molar-refractivity contribution < 1.29 is 4.84 Å². The lowest BCUT2D eigenvalue weighted by Gasteiger charge is -2.08. The third-order valence-corrected chi connectivity index (χ3v) is 2.41. The van der Waals surface area contributed by atoms with E-state index in [0.717, 1.165) is 18.6 Å². The lowest BCUT2D eigenvalue weighted by molar-refractivity contribution is 0.200. The SMILES string of the molecule is Cc1cccc(C/C=C(/CC(C)C)ON)c1. The smallest absolute Gasteiger partial charge is 0.120 e. The van der Waals surface area contributed by atoms with E-state index in [0.29, 0.717) is 5.92 Å². The molecule has 88 valence electrons. The summed E-state index contributed by atoms with van der Waals surface area (Å²) in [5, 5.41) is 0. The summed E-state index contributed by atoms with van der Waals surface area (Å²) in [5.41, 5.74) is 2.57. The van der Waals surface area contributed by atoms with Crippen molar-refractivity contribution in [2.24, 2.45) is 11.8 Å². The molecule has 0 atom stereocenters. The van der Waals surface area contributed by atoms with Crippen LogP contribution < -0.4 is 5.90 Å². The van der Waals surface area contributed by atoms with Crippen LogP contribution in [0.25, 0.3) is 0 Å². The Morgan fingerprint density at radius 3 is 2.75 bits per heavy atom. The van der Waals surface area contributed by atoms with Crippen LogP contribution in [0.1, 0.15) is 31.4 Å². The van der Waals surface area contributed by atoms with Gasteiger partial charge in [-0.25, -0.2) is 0 Å². The Kier molecular flexibility index (Phi) is 5.06. The number of nitrogens with two attached hydrogens (primary N) is 1. The first-order valence-electron chi connectivity index (χ1n) is 5.73. The van der Waals surface area contributed by atoms with Crippen LogP contribution in [0.4, 0.5) is 0 Å². The zero-order valence-corrected chi connectivity index (χ0v) is 10.4. The molecule has 1 aromatic carbocycles. The van der Waals surface area contributed by atoms with Crippen LogP contribution in [0.5, 0.6) is 0 Å². The van der Waals surface area contributed by atoms with Crippen LogP contribution in [-0.2, 0) is 11.3 Å². The molecule has 0 saturated heterocycles. The van der Waals surface area contributed by atoms with Gasteiger partial charge >= 0.3 is 0 Å². The molecule has 2 N–H and O–H groups in total. The van der Waals surface area contributed by atoms with Crippen LogP contribution in [-0.4, -0.2) is 0 Å². The molecule has 0 unspecified atom stereocenters. The van der Waals surface area contributed by atoms with Crippen molar-refractivity contribution in [3.63, 3.8) is 0 Å².